The zero-order chi connectivity index (χ0) is 17.8. The van der Waals surface area contributed by atoms with Gasteiger partial charge in [-0.1, -0.05) is 37.3 Å². The predicted octanol–water partition coefficient (Wildman–Crippen LogP) is 4.15. The molecule has 0 saturated heterocycles. The third-order valence-electron chi connectivity index (χ3n) is 5.32. The van der Waals surface area contributed by atoms with Gasteiger partial charge in [-0.2, -0.15) is 0 Å². The molecule has 2 aliphatic rings. The highest BCUT2D eigenvalue weighted by Gasteiger charge is 2.49. The Morgan fingerprint density at radius 1 is 1.24 bits per heavy atom. The molecule has 0 N–H and O–H groups in total. The van der Waals surface area contributed by atoms with Gasteiger partial charge < -0.3 is 0 Å². The Kier molecular flexibility index (Phi) is 3.70. The minimum absolute atomic E-state index is 0.106. The maximum absolute atomic E-state index is 14.3. The molecule has 132 valence electrons. The molecule has 1 aliphatic carbocycles. The van der Waals surface area contributed by atoms with Gasteiger partial charge in [-0.25, -0.2) is 22.8 Å². The lowest BCUT2D eigenvalue weighted by Gasteiger charge is -2.12. The van der Waals surface area contributed by atoms with Crippen molar-refractivity contribution in [2.45, 2.75) is 44.3 Å². The van der Waals surface area contributed by atoms with Crippen molar-refractivity contribution in [3.63, 3.8) is 0 Å². The van der Waals surface area contributed by atoms with Crippen LogP contribution in [-0.4, -0.2) is 26.5 Å². The summed E-state index contributed by atoms with van der Waals surface area (Å²) >= 11 is 0. The van der Waals surface area contributed by atoms with Crippen molar-refractivity contribution >= 4 is 5.78 Å². The molecule has 1 saturated carbocycles. The van der Waals surface area contributed by atoms with E-state index in [1.54, 1.807) is 0 Å². The summed E-state index contributed by atoms with van der Waals surface area (Å²) in [4.78, 5) is 16.6. The van der Waals surface area contributed by atoms with Gasteiger partial charge in [0.2, 0.25) is 11.6 Å². The molecule has 0 radical (unpaired) electrons. The number of halogens is 3. The molecule has 1 fully saturated rings. The van der Waals surface area contributed by atoms with E-state index in [0.29, 0.717) is 0 Å². The van der Waals surface area contributed by atoms with Crippen LogP contribution in [0, 0.1) is 11.8 Å². The van der Waals surface area contributed by atoms with Crippen LogP contribution in [-0.2, 0) is 0 Å². The van der Waals surface area contributed by atoms with E-state index >= 15 is 0 Å². The molecule has 7 heteroatoms. The Labute approximate surface area is 143 Å². The van der Waals surface area contributed by atoms with E-state index in [2.05, 4.69) is 10.1 Å². The van der Waals surface area contributed by atoms with Gasteiger partial charge in [0.25, 0.3) is 5.92 Å². The average Bonchev–Trinajstić information content (AvgIpc) is 3.22. The smallest absolute Gasteiger partial charge is 0.251 e. The Morgan fingerprint density at radius 2 is 1.96 bits per heavy atom. The molecule has 2 heterocycles. The van der Waals surface area contributed by atoms with Crippen molar-refractivity contribution in [3.05, 3.63) is 47.5 Å². The first kappa shape index (κ1) is 16.3. The van der Waals surface area contributed by atoms with Crippen LogP contribution < -0.4 is 0 Å². The second kappa shape index (κ2) is 5.68. The number of hydrogen-bond donors (Lipinski definition) is 0. The van der Waals surface area contributed by atoms with Crippen molar-refractivity contribution in [2.24, 2.45) is 11.8 Å². The van der Waals surface area contributed by atoms with Crippen molar-refractivity contribution in [2.75, 3.05) is 0 Å². The van der Waals surface area contributed by atoms with Gasteiger partial charge in [0, 0.05) is 24.7 Å². The van der Waals surface area contributed by atoms with Crippen LogP contribution in [0.2, 0.25) is 0 Å². The lowest BCUT2D eigenvalue weighted by atomic mass is 10.0. The molecule has 0 amide bonds. The molecule has 0 spiro atoms. The summed E-state index contributed by atoms with van der Waals surface area (Å²) < 4.78 is 43.2. The molecule has 2 aromatic rings. The summed E-state index contributed by atoms with van der Waals surface area (Å²) in [5.74, 6) is -5.05. The number of nitrogens with zero attached hydrogens (tertiary/aromatic N) is 3. The summed E-state index contributed by atoms with van der Waals surface area (Å²) in [6.07, 6.45) is -1.48. The first-order valence-electron chi connectivity index (χ1n) is 8.44. The molecule has 0 bridgehead atoms. The van der Waals surface area contributed by atoms with Crippen LogP contribution in [0.1, 0.15) is 60.4 Å². The molecular formula is C18H18F3N3O. The number of carbonyl (C=O) groups excluding carboxylic acids is 1. The standard InChI is InChI=1S/C18H18F3N3O/c1-10-7-12(9-18(10,20)21)15(25)16-22-17-13(19)8-14(24(17)23-16)11-5-3-2-4-6-11/h2-6,10,12-14H,7-9H2,1H3. The molecule has 4 unspecified atom stereocenters. The summed E-state index contributed by atoms with van der Waals surface area (Å²) in [5, 5.41) is 4.19. The lowest BCUT2D eigenvalue weighted by Crippen LogP contribution is -2.20. The van der Waals surface area contributed by atoms with Gasteiger partial charge in [-0.05, 0) is 12.0 Å². The Bertz CT molecular complexity index is 805. The highest BCUT2D eigenvalue weighted by atomic mass is 19.3. The molecular weight excluding hydrogens is 331 g/mol. The van der Waals surface area contributed by atoms with Gasteiger partial charge in [-0.15, -0.1) is 5.10 Å². The highest BCUT2D eigenvalue weighted by molar-refractivity contribution is 5.94. The molecule has 4 nitrogen and oxygen atoms in total. The van der Waals surface area contributed by atoms with E-state index in [1.165, 1.54) is 11.6 Å². The van der Waals surface area contributed by atoms with Crippen LogP contribution in [0.25, 0.3) is 0 Å². The summed E-state index contributed by atoms with van der Waals surface area (Å²) in [6, 6.07) is 8.98. The van der Waals surface area contributed by atoms with Crippen molar-refractivity contribution < 1.29 is 18.0 Å². The lowest BCUT2D eigenvalue weighted by molar-refractivity contribution is -0.0317. The number of Topliss-reactive ketones (excluding diaryl/α,β-unsaturated/α-hetero) is 1. The normalized spacial score (nSPS) is 30.4. The minimum Gasteiger partial charge on any atom is -0.290 e. The first-order chi connectivity index (χ1) is 11.9. The van der Waals surface area contributed by atoms with E-state index in [0.717, 1.165) is 5.56 Å². The summed E-state index contributed by atoms with van der Waals surface area (Å²) in [5.41, 5.74) is 0.883. The van der Waals surface area contributed by atoms with Gasteiger partial charge >= 0.3 is 0 Å². The maximum atomic E-state index is 14.3. The molecule has 4 rings (SSSR count). The molecule has 1 aromatic heterocycles. The maximum Gasteiger partial charge on any atom is 0.251 e. The summed E-state index contributed by atoms with van der Waals surface area (Å²) in [6.45, 7) is 1.44. The third kappa shape index (κ3) is 2.65. The number of carbonyl (C=O) groups is 1. The quantitative estimate of drug-likeness (QED) is 0.782. The fourth-order valence-corrected chi connectivity index (χ4v) is 3.83. The van der Waals surface area contributed by atoms with E-state index in [9.17, 15) is 18.0 Å². The van der Waals surface area contributed by atoms with Crippen molar-refractivity contribution in [1.29, 1.82) is 0 Å². The highest BCUT2D eigenvalue weighted by Crippen LogP contribution is 2.45. The predicted molar refractivity (Wildman–Crippen MR) is 84.2 cm³/mol. The largest absolute Gasteiger partial charge is 0.290 e. The van der Waals surface area contributed by atoms with E-state index < -0.39 is 36.1 Å². The van der Waals surface area contributed by atoms with Gasteiger partial charge in [0.1, 0.15) is 0 Å². The van der Waals surface area contributed by atoms with Crippen molar-refractivity contribution in [1.82, 2.24) is 14.8 Å². The van der Waals surface area contributed by atoms with E-state index in [4.69, 9.17) is 0 Å². The van der Waals surface area contributed by atoms with Gasteiger partial charge in [-0.3, -0.25) is 4.79 Å². The number of hydrogen-bond acceptors (Lipinski definition) is 3. The molecule has 4 atom stereocenters. The summed E-state index contributed by atoms with van der Waals surface area (Å²) in [7, 11) is 0. The number of ketones is 1. The minimum atomic E-state index is -2.85. The average molecular weight is 349 g/mol. The van der Waals surface area contributed by atoms with Crippen LogP contribution in [0.15, 0.2) is 30.3 Å². The fraction of sp³-hybridized carbons (Fsp3) is 0.500. The Hall–Kier alpha value is -2.18. The second-order valence-corrected chi connectivity index (χ2v) is 7.03. The topological polar surface area (TPSA) is 47.8 Å². The SMILES string of the molecule is CC1CC(C(=O)c2nc3n(n2)C(c2ccccc2)CC3F)CC1(F)F. The molecule has 25 heavy (non-hydrogen) atoms. The van der Waals surface area contributed by atoms with E-state index in [-0.39, 0.29) is 30.5 Å². The first-order valence-corrected chi connectivity index (χ1v) is 8.44. The number of alkyl halides is 3. The number of rotatable bonds is 3. The monoisotopic (exact) mass is 349 g/mol. The van der Waals surface area contributed by atoms with Crippen molar-refractivity contribution in [3.8, 4) is 0 Å². The van der Waals surface area contributed by atoms with Crippen LogP contribution >= 0.6 is 0 Å². The van der Waals surface area contributed by atoms with E-state index in [1.807, 2.05) is 30.3 Å². The molecule has 1 aromatic carbocycles. The zero-order valence-corrected chi connectivity index (χ0v) is 13.7. The number of benzene rings is 1. The number of aromatic nitrogens is 3. The van der Waals surface area contributed by atoms with Gasteiger partial charge in [0.15, 0.2) is 12.0 Å². The Balaban J connectivity index is 1.62. The molecule has 1 aliphatic heterocycles. The number of fused-ring (bicyclic) bond motifs is 1. The Morgan fingerprint density at radius 3 is 2.60 bits per heavy atom. The van der Waals surface area contributed by atoms with Gasteiger partial charge in [0.05, 0.1) is 6.04 Å². The van der Waals surface area contributed by atoms with Crippen LogP contribution in [0.3, 0.4) is 0 Å². The fourth-order valence-electron chi connectivity index (χ4n) is 3.83. The van der Waals surface area contributed by atoms with Crippen LogP contribution in [0.4, 0.5) is 13.2 Å². The second-order valence-electron chi connectivity index (χ2n) is 7.03. The zero-order valence-electron chi connectivity index (χ0n) is 13.7. The third-order valence-corrected chi connectivity index (χ3v) is 5.32. The van der Waals surface area contributed by atoms with Crippen LogP contribution in [0.5, 0.6) is 0 Å².